The van der Waals surface area contributed by atoms with E-state index in [1.165, 1.54) is 11.8 Å². The average molecular weight is 453 g/mol. The molecule has 8 heteroatoms. The van der Waals surface area contributed by atoms with Crippen LogP contribution in [0.5, 0.6) is 11.5 Å². The summed E-state index contributed by atoms with van der Waals surface area (Å²) in [6.45, 7) is 8.84. The van der Waals surface area contributed by atoms with Crippen LogP contribution in [-0.2, 0) is 11.3 Å². The molecular weight excluding hydrogens is 424 g/mol. The summed E-state index contributed by atoms with van der Waals surface area (Å²) >= 11 is 1.36. The van der Waals surface area contributed by atoms with Gasteiger partial charge in [-0.1, -0.05) is 36.0 Å². The minimum atomic E-state index is -0.336. The number of thioether (sulfide) groups is 1. The Kier molecular flexibility index (Phi) is 8.33. The normalized spacial score (nSPS) is 11.6. The van der Waals surface area contributed by atoms with Crippen LogP contribution in [0.15, 0.2) is 72.4 Å². The molecule has 0 saturated carbocycles. The maximum atomic E-state index is 12.8. The van der Waals surface area contributed by atoms with Gasteiger partial charge in [-0.15, -0.1) is 16.8 Å². The van der Waals surface area contributed by atoms with Gasteiger partial charge in [0.2, 0.25) is 5.91 Å². The Morgan fingerprint density at radius 2 is 1.84 bits per heavy atom. The molecule has 0 aliphatic heterocycles. The zero-order valence-electron chi connectivity index (χ0n) is 18.6. The molecule has 3 aromatic rings. The molecule has 1 amide bonds. The lowest BCUT2D eigenvalue weighted by Crippen LogP contribution is -2.32. The SMILES string of the molecule is C=CCn1c(SCC(=O)N(CC)c2ccccc2)nnc1C(C)Oc1ccc(OC)cc1. The van der Waals surface area contributed by atoms with E-state index < -0.39 is 0 Å². The Balaban J connectivity index is 1.70. The summed E-state index contributed by atoms with van der Waals surface area (Å²) in [6, 6.07) is 17.0. The number of aromatic nitrogens is 3. The molecule has 0 N–H and O–H groups in total. The fraction of sp³-hybridized carbons (Fsp3) is 0.292. The largest absolute Gasteiger partial charge is 0.497 e. The molecule has 0 spiro atoms. The summed E-state index contributed by atoms with van der Waals surface area (Å²) in [7, 11) is 1.62. The molecule has 32 heavy (non-hydrogen) atoms. The van der Waals surface area contributed by atoms with Gasteiger partial charge >= 0.3 is 0 Å². The van der Waals surface area contributed by atoms with Gasteiger partial charge in [0.25, 0.3) is 0 Å². The Morgan fingerprint density at radius 1 is 1.16 bits per heavy atom. The van der Waals surface area contributed by atoms with Crippen molar-refractivity contribution in [2.24, 2.45) is 0 Å². The Labute approximate surface area is 193 Å². The van der Waals surface area contributed by atoms with Gasteiger partial charge in [0.15, 0.2) is 17.1 Å². The van der Waals surface area contributed by atoms with Crippen LogP contribution in [0.25, 0.3) is 0 Å². The molecule has 1 heterocycles. The van der Waals surface area contributed by atoms with Gasteiger partial charge in [-0.2, -0.15) is 0 Å². The summed E-state index contributed by atoms with van der Waals surface area (Å²) in [5.74, 6) is 2.41. The Morgan fingerprint density at radius 3 is 2.47 bits per heavy atom. The molecular formula is C24H28N4O3S. The van der Waals surface area contributed by atoms with E-state index in [0.717, 1.165) is 11.4 Å². The fourth-order valence-corrected chi connectivity index (χ4v) is 4.07. The number of nitrogens with zero attached hydrogens (tertiary/aromatic N) is 4. The fourth-order valence-electron chi connectivity index (χ4n) is 3.23. The van der Waals surface area contributed by atoms with Crippen LogP contribution in [0.2, 0.25) is 0 Å². The average Bonchev–Trinajstić information content (AvgIpc) is 3.22. The van der Waals surface area contributed by atoms with Crippen molar-refractivity contribution in [3.05, 3.63) is 73.1 Å². The number of methoxy groups -OCH3 is 1. The molecule has 0 radical (unpaired) electrons. The van der Waals surface area contributed by atoms with E-state index in [-0.39, 0.29) is 17.8 Å². The van der Waals surface area contributed by atoms with E-state index >= 15 is 0 Å². The first-order chi connectivity index (χ1) is 15.6. The number of hydrogen-bond donors (Lipinski definition) is 0. The van der Waals surface area contributed by atoms with Gasteiger partial charge in [-0.05, 0) is 50.2 Å². The number of anilines is 1. The molecule has 0 aliphatic rings. The number of carbonyl (C=O) groups is 1. The molecule has 0 saturated heterocycles. The van der Waals surface area contributed by atoms with Crippen LogP contribution in [0.1, 0.15) is 25.8 Å². The summed E-state index contributed by atoms with van der Waals surface area (Å²) in [5, 5.41) is 9.30. The van der Waals surface area contributed by atoms with Crippen molar-refractivity contribution >= 4 is 23.4 Å². The molecule has 0 fully saturated rings. The summed E-state index contributed by atoms with van der Waals surface area (Å²) in [5.41, 5.74) is 0.885. The Hall–Kier alpha value is -3.26. The maximum absolute atomic E-state index is 12.8. The van der Waals surface area contributed by atoms with Crippen LogP contribution in [0.4, 0.5) is 5.69 Å². The molecule has 0 bridgehead atoms. The minimum Gasteiger partial charge on any atom is -0.497 e. The van der Waals surface area contributed by atoms with Gasteiger partial charge in [-0.25, -0.2) is 0 Å². The number of carbonyl (C=O) groups excluding carboxylic acids is 1. The second-order valence-corrected chi connectivity index (χ2v) is 7.88. The zero-order chi connectivity index (χ0) is 22.9. The highest BCUT2D eigenvalue weighted by Gasteiger charge is 2.21. The van der Waals surface area contributed by atoms with Gasteiger partial charge in [-0.3, -0.25) is 9.36 Å². The smallest absolute Gasteiger partial charge is 0.237 e. The van der Waals surface area contributed by atoms with Crippen LogP contribution in [-0.4, -0.2) is 40.1 Å². The van der Waals surface area contributed by atoms with Crippen LogP contribution in [0.3, 0.4) is 0 Å². The third-order valence-electron chi connectivity index (χ3n) is 4.80. The molecule has 1 atom stereocenters. The number of allylic oxidation sites excluding steroid dienone is 1. The van der Waals surface area contributed by atoms with Crippen LogP contribution < -0.4 is 14.4 Å². The number of ether oxygens (including phenoxy) is 2. The summed E-state index contributed by atoms with van der Waals surface area (Å²) in [6.07, 6.45) is 1.44. The van der Waals surface area contributed by atoms with Gasteiger partial charge in [0, 0.05) is 18.8 Å². The number of rotatable bonds is 11. The van der Waals surface area contributed by atoms with Gasteiger partial charge in [0.05, 0.1) is 12.9 Å². The zero-order valence-corrected chi connectivity index (χ0v) is 19.4. The first-order valence-electron chi connectivity index (χ1n) is 10.4. The van der Waals surface area contributed by atoms with Gasteiger partial charge in [0.1, 0.15) is 11.5 Å². The predicted octanol–water partition coefficient (Wildman–Crippen LogP) is 4.76. The lowest BCUT2D eigenvalue weighted by atomic mass is 10.3. The highest BCUT2D eigenvalue weighted by atomic mass is 32.2. The summed E-state index contributed by atoms with van der Waals surface area (Å²) < 4.78 is 13.2. The third kappa shape index (κ3) is 5.70. The van der Waals surface area contributed by atoms with Crippen molar-refractivity contribution in [1.29, 1.82) is 0 Å². The number of benzene rings is 2. The lowest BCUT2D eigenvalue weighted by Gasteiger charge is -2.21. The standard InChI is InChI=1S/C24H28N4O3S/c1-5-16-28-23(18(3)31-21-14-12-20(30-4)13-15-21)25-26-24(28)32-17-22(29)27(6-2)19-10-8-7-9-11-19/h5,7-15,18H,1,6,16-17H2,2-4H3. The minimum absolute atomic E-state index is 0.0148. The van der Waals surface area contributed by atoms with E-state index in [4.69, 9.17) is 9.47 Å². The van der Waals surface area contributed by atoms with E-state index in [1.807, 2.05) is 73.0 Å². The highest BCUT2D eigenvalue weighted by molar-refractivity contribution is 7.99. The molecule has 1 aromatic heterocycles. The first kappa shape index (κ1) is 23.4. The van der Waals surface area contributed by atoms with Crippen LogP contribution >= 0.6 is 11.8 Å². The topological polar surface area (TPSA) is 69.5 Å². The molecule has 168 valence electrons. The van der Waals surface area contributed by atoms with Crippen molar-refractivity contribution in [2.75, 3.05) is 24.3 Å². The lowest BCUT2D eigenvalue weighted by molar-refractivity contribution is -0.116. The second-order valence-electron chi connectivity index (χ2n) is 6.94. The highest BCUT2D eigenvalue weighted by Crippen LogP contribution is 2.26. The third-order valence-corrected chi connectivity index (χ3v) is 5.75. The van der Waals surface area contributed by atoms with Gasteiger partial charge < -0.3 is 14.4 Å². The van der Waals surface area contributed by atoms with Crippen molar-refractivity contribution in [3.8, 4) is 11.5 Å². The molecule has 7 nitrogen and oxygen atoms in total. The molecule has 2 aromatic carbocycles. The quantitative estimate of drug-likeness (QED) is 0.309. The summed E-state index contributed by atoms with van der Waals surface area (Å²) in [4.78, 5) is 14.6. The van der Waals surface area contributed by atoms with Crippen molar-refractivity contribution < 1.29 is 14.3 Å². The van der Waals surface area contributed by atoms with E-state index in [2.05, 4.69) is 16.8 Å². The number of para-hydroxylation sites is 1. The predicted molar refractivity (Wildman–Crippen MR) is 127 cm³/mol. The second kappa shape index (κ2) is 11.4. The van der Waals surface area contributed by atoms with Crippen molar-refractivity contribution in [3.63, 3.8) is 0 Å². The monoisotopic (exact) mass is 452 g/mol. The number of hydrogen-bond acceptors (Lipinski definition) is 6. The first-order valence-corrected chi connectivity index (χ1v) is 11.4. The van der Waals surface area contributed by atoms with E-state index in [1.54, 1.807) is 18.1 Å². The van der Waals surface area contributed by atoms with E-state index in [0.29, 0.717) is 29.8 Å². The van der Waals surface area contributed by atoms with Crippen LogP contribution in [0, 0.1) is 0 Å². The van der Waals surface area contributed by atoms with Crippen molar-refractivity contribution in [1.82, 2.24) is 14.8 Å². The molecule has 0 aliphatic carbocycles. The Bertz CT molecular complexity index is 1020. The number of amides is 1. The maximum Gasteiger partial charge on any atom is 0.237 e. The van der Waals surface area contributed by atoms with Crippen molar-refractivity contribution in [2.45, 2.75) is 31.7 Å². The molecule has 3 rings (SSSR count). The molecule has 1 unspecified atom stereocenters. The van der Waals surface area contributed by atoms with E-state index in [9.17, 15) is 4.79 Å².